The first-order valence-corrected chi connectivity index (χ1v) is 3.60. The molecule has 5 heteroatoms. The zero-order chi connectivity index (χ0) is 7.11. The fourth-order valence-electron chi connectivity index (χ4n) is 0.342. The molecule has 0 aliphatic carbocycles. The number of hydrogen-bond acceptors (Lipinski definition) is 3. The zero-order valence-corrected chi connectivity index (χ0v) is 7.05. The van der Waals surface area contributed by atoms with E-state index < -0.39 is 0 Å². The molecule has 0 heterocycles. The lowest BCUT2D eigenvalue weighted by molar-refractivity contribution is 0.136. The van der Waals surface area contributed by atoms with E-state index in [-0.39, 0.29) is 3.91 Å². The first kappa shape index (κ1) is 9.12. The Balaban J connectivity index is 2.83. The zero-order valence-electron chi connectivity index (χ0n) is 4.89. The van der Waals surface area contributed by atoms with Crippen LogP contribution in [0.1, 0.15) is 6.42 Å². The van der Waals surface area contributed by atoms with Crippen LogP contribution in [0.5, 0.6) is 0 Å². The van der Waals surface area contributed by atoms with Crippen molar-refractivity contribution in [1.29, 1.82) is 0 Å². The molecule has 0 aliphatic heterocycles. The quantitative estimate of drug-likeness (QED) is 0.247. The maximum absolute atomic E-state index is 10.2. The van der Waals surface area contributed by atoms with Crippen LogP contribution in [0.25, 0.3) is 0 Å². The predicted octanol–water partition coefficient (Wildman–Crippen LogP) is 0.411. The molecular weight excluding hydrogens is 235 g/mol. The standard InChI is InChI=1S/C4H9IN2O2/c5-4(8)7-2-1-3-9-6/h1-3,6H2,(H,7,8). The van der Waals surface area contributed by atoms with Crippen molar-refractivity contribution in [3.8, 4) is 0 Å². The lowest BCUT2D eigenvalue weighted by atomic mass is 10.5. The van der Waals surface area contributed by atoms with E-state index in [0.717, 1.165) is 6.42 Å². The van der Waals surface area contributed by atoms with Crippen LogP contribution in [0.15, 0.2) is 0 Å². The van der Waals surface area contributed by atoms with Crippen molar-refractivity contribution in [3.05, 3.63) is 0 Å². The molecular formula is C4H9IN2O2. The molecule has 0 aliphatic rings. The summed E-state index contributed by atoms with van der Waals surface area (Å²) in [5.74, 6) is 4.73. The van der Waals surface area contributed by atoms with Gasteiger partial charge in [0.15, 0.2) is 0 Å². The maximum atomic E-state index is 10.2. The Morgan fingerprint density at radius 2 is 2.44 bits per heavy atom. The summed E-state index contributed by atoms with van der Waals surface area (Å²) in [5.41, 5.74) is 0. The summed E-state index contributed by atoms with van der Waals surface area (Å²) in [6.07, 6.45) is 0.755. The summed E-state index contributed by atoms with van der Waals surface area (Å²) in [7, 11) is 0. The van der Waals surface area contributed by atoms with Gasteiger partial charge in [-0.3, -0.25) is 4.79 Å². The Morgan fingerprint density at radius 3 is 2.89 bits per heavy atom. The fraction of sp³-hybridized carbons (Fsp3) is 0.750. The van der Waals surface area contributed by atoms with Gasteiger partial charge in [-0.15, -0.1) is 0 Å². The highest BCUT2D eigenvalue weighted by Gasteiger charge is 1.89. The van der Waals surface area contributed by atoms with E-state index in [1.807, 2.05) is 0 Å². The SMILES string of the molecule is NOCCCNC(=O)I. The first-order valence-electron chi connectivity index (χ1n) is 2.52. The number of hydrogen-bond donors (Lipinski definition) is 2. The van der Waals surface area contributed by atoms with E-state index in [1.165, 1.54) is 0 Å². The molecule has 0 atom stereocenters. The van der Waals surface area contributed by atoms with E-state index in [2.05, 4.69) is 10.2 Å². The molecule has 0 aromatic rings. The third kappa shape index (κ3) is 8.12. The summed E-state index contributed by atoms with van der Waals surface area (Å²) in [5, 5.41) is 2.59. The second-order valence-corrected chi connectivity index (χ2v) is 2.40. The number of rotatable bonds is 4. The smallest absolute Gasteiger partial charge is 0.280 e. The Kier molecular flexibility index (Phi) is 6.33. The Morgan fingerprint density at radius 1 is 1.78 bits per heavy atom. The molecule has 3 N–H and O–H groups in total. The molecule has 54 valence electrons. The van der Waals surface area contributed by atoms with Crippen molar-refractivity contribution < 1.29 is 9.63 Å². The largest absolute Gasteiger partial charge is 0.347 e. The molecule has 0 saturated carbocycles. The highest BCUT2D eigenvalue weighted by atomic mass is 127. The highest BCUT2D eigenvalue weighted by Crippen LogP contribution is 1.83. The molecule has 0 radical (unpaired) electrons. The molecule has 0 rings (SSSR count). The van der Waals surface area contributed by atoms with Crippen molar-refractivity contribution >= 4 is 26.5 Å². The third-order valence-electron chi connectivity index (χ3n) is 0.703. The van der Waals surface area contributed by atoms with E-state index in [1.54, 1.807) is 22.6 Å². The predicted molar refractivity (Wildman–Crippen MR) is 42.2 cm³/mol. The van der Waals surface area contributed by atoms with E-state index >= 15 is 0 Å². The second-order valence-electron chi connectivity index (χ2n) is 1.42. The summed E-state index contributed by atoms with van der Waals surface area (Å²) in [6.45, 7) is 1.11. The molecule has 0 saturated heterocycles. The van der Waals surface area contributed by atoms with Gasteiger partial charge in [-0.25, -0.2) is 5.90 Å². The van der Waals surface area contributed by atoms with Crippen molar-refractivity contribution in [2.24, 2.45) is 5.90 Å². The van der Waals surface area contributed by atoms with Gasteiger partial charge in [0.1, 0.15) is 0 Å². The summed E-state index contributed by atoms with van der Waals surface area (Å²) in [4.78, 5) is 14.5. The molecule has 0 fully saturated rings. The number of carbonyl (C=O) groups is 1. The van der Waals surface area contributed by atoms with Gasteiger partial charge in [0.05, 0.1) is 6.61 Å². The van der Waals surface area contributed by atoms with E-state index in [4.69, 9.17) is 5.90 Å². The van der Waals surface area contributed by atoms with Crippen LogP contribution in [0.2, 0.25) is 0 Å². The summed E-state index contributed by atoms with van der Waals surface area (Å²) >= 11 is 1.67. The van der Waals surface area contributed by atoms with Crippen LogP contribution in [-0.2, 0) is 4.84 Å². The van der Waals surface area contributed by atoms with Gasteiger partial charge in [-0.1, -0.05) is 0 Å². The monoisotopic (exact) mass is 244 g/mol. The van der Waals surface area contributed by atoms with Crippen LogP contribution < -0.4 is 11.2 Å². The van der Waals surface area contributed by atoms with Gasteiger partial charge >= 0.3 is 0 Å². The Bertz CT molecular complexity index is 88.6. The molecule has 1 amide bonds. The van der Waals surface area contributed by atoms with Crippen molar-refractivity contribution in [2.75, 3.05) is 13.2 Å². The Hall–Kier alpha value is 0.120. The van der Waals surface area contributed by atoms with Crippen LogP contribution in [0.3, 0.4) is 0 Å². The van der Waals surface area contributed by atoms with Gasteiger partial charge in [-0.2, -0.15) is 0 Å². The fourth-order valence-corrected chi connectivity index (χ4v) is 0.612. The average molecular weight is 244 g/mol. The molecule has 0 unspecified atom stereocenters. The number of carbonyl (C=O) groups excluding carboxylic acids is 1. The second kappa shape index (κ2) is 6.24. The minimum atomic E-state index is -0.0513. The summed E-state index contributed by atoms with van der Waals surface area (Å²) < 4.78 is -0.0513. The molecule has 4 nitrogen and oxygen atoms in total. The van der Waals surface area contributed by atoms with E-state index in [0.29, 0.717) is 13.2 Å². The minimum Gasteiger partial charge on any atom is -0.347 e. The highest BCUT2D eigenvalue weighted by molar-refractivity contribution is 14.1. The topological polar surface area (TPSA) is 64.3 Å². The van der Waals surface area contributed by atoms with E-state index in [9.17, 15) is 4.79 Å². The Labute approximate surface area is 67.2 Å². The first-order chi connectivity index (χ1) is 4.27. The van der Waals surface area contributed by atoms with Gasteiger partial charge in [0.2, 0.25) is 0 Å². The van der Waals surface area contributed by atoms with Crippen molar-refractivity contribution in [1.82, 2.24) is 5.32 Å². The van der Waals surface area contributed by atoms with Crippen LogP contribution in [0, 0.1) is 0 Å². The lowest BCUT2D eigenvalue weighted by Crippen LogP contribution is -2.19. The molecule has 0 bridgehead atoms. The van der Waals surface area contributed by atoms with Gasteiger partial charge in [0.25, 0.3) is 3.91 Å². The maximum Gasteiger partial charge on any atom is 0.280 e. The van der Waals surface area contributed by atoms with Gasteiger partial charge < -0.3 is 10.2 Å². The third-order valence-corrected chi connectivity index (χ3v) is 1.08. The van der Waals surface area contributed by atoms with Crippen molar-refractivity contribution in [3.63, 3.8) is 0 Å². The number of halogens is 1. The normalized spacial score (nSPS) is 9.11. The lowest BCUT2D eigenvalue weighted by Gasteiger charge is -1.97. The number of nitrogens with two attached hydrogens (primary N) is 1. The molecule has 0 aromatic carbocycles. The molecule has 9 heavy (non-hydrogen) atoms. The van der Waals surface area contributed by atoms with Crippen LogP contribution in [0.4, 0.5) is 4.79 Å². The minimum absolute atomic E-state index is 0.0513. The van der Waals surface area contributed by atoms with Crippen LogP contribution >= 0.6 is 22.6 Å². The van der Waals surface area contributed by atoms with Gasteiger partial charge in [-0.05, 0) is 6.42 Å². The van der Waals surface area contributed by atoms with Crippen LogP contribution in [-0.4, -0.2) is 17.1 Å². The average Bonchev–Trinajstić information content (AvgIpc) is 1.80. The molecule has 0 spiro atoms. The van der Waals surface area contributed by atoms with Crippen molar-refractivity contribution in [2.45, 2.75) is 6.42 Å². The number of nitrogens with one attached hydrogen (secondary N) is 1. The van der Waals surface area contributed by atoms with Gasteiger partial charge in [0, 0.05) is 29.1 Å². The number of amides is 1. The summed E-state index contributed by atoms with van der Waals surface area (Å²) in [6, 6.07) is 0. The molecule has 0 aromatic heterocycles.